The van der Waals surface area contributed by atoms with Crippen LogP contribution in [0, 0.1) is 11.6 Å². The van der Waals surface area contributed by atoms with E-state index in [-0.39, 0.29) is 5.88 Å². The number of methoxy groups -OCH3 is 1. The molecule has 0 spiro atoms. The van der Waals surface area contributed by atoms with Crippen molar-refractivity contribution in [3.05, 3.63) is 70.4 Å². The number of aromatic hydroxyl groups is 1. The van der Waals surface area contributed by atoms with Crippen LogP contribution in [0.4, 0.5) is 14.5 Å². The van der Waals surface area contributed by atoms with Crippen LogP contribution in [-0.2, 0) is 6.42 Å². The highest BCUT2D eigenvalue weighted by molar-refractivity contribution is 7.17. The maximum Gasteiger partial charge on any atom is 0.230 e. The molecule has 1 aliphatic rings. The molecule has 3 heterocycles. The largest absolute Gasteiger partial charge is 0.497 e. The van der Waals surface area contributed by atoms with Gasteiger partial charge in [-0.05, 0) is 42.0 Å². The SMILES string of the molecule is CCc1nc2sc([C@@H](c3ccc(F)c(F)c3)N3CCN(c4ccc(OC)cc4)CC3)c(O)n2n1. The molecule has 1 atom stereocenters. The molecule has 5 rings (SSSR count). The Labute approximate surface area is 199 Å². The van der Waals surface area contributed by atoms with Crippen molar-refractivity contribution in [3.63, 3.8) is 0 Å². The van der Waals surface area contributed by atoms with E-state index in [1.807, 2.05) is 31.2 Å². The van der Waals surface area contributed by atoms with Gasteiger partial charge >= 0.3 is 0 Å². The number of halogens is 2. The highest BCUT2D eigenvalue weighted by Gasteiger charge is 2.32. The van der Waals surface area contributed by atoms with E-state index in [0.717, 1.165) is 30.6 Å². The predicted octanol–water partition coefficient (Wildman–Crippen LogP) is 4.26. The molecule has 2 aromatic heterocycles. The number of ether oxygens (including phenoxy) is 1. The first-order valence-corrected chi connectivity index (χ1v) is 12.0. The maximum atomic E-state index is 14.2. The lowest BCUT2D eigenvalue weighted by atomic mass is 10.0. The van der Waals surface area contributed by atoms with Crippen LogP contribution in [0.5, 0.6) is 11.6 Å². The van der Waals surface area contributed by atoms with E-state index in [2.05, 4.69) is 19.9 Å². The Morgan fingerprint density at radius 2 is 1.79 bits per heavy atom. The predicted molar refractivity (Wildman–Crippen MR) is 127 cm³/mol. The molecular formula is C24H25F2N5O2S. The first-order chi connectivity index (χ1) is 16.5. The number of benzene rings is 2. The average Bonchev–Trinajstić information content (AvgIpc) is 3.41. The van der Waals surface area contributed by atoms with Gasteiger partial charge in [0, 0.05) is 38.3 Å². The molecular weight excluding hydrogens is 460 g/mol. The van der Waals surface area contributed by atoms with E-state index in [1.54, 1.807) is 13.2 Å². The van der Waals surface area contributed by atoms with E-state index < -0.39 is 17.7 Å². The molecule has 4 aromatic rings. The third kappa shape index (κ3) is 4.07. The molecule has 0 saturated carbocycles. The molecule has 7 nitrogen and oxygen atoms in total. The van der Waals surface area contributed by atoms with E-state index in [9.17, 15) is 13.9 Å². The van der Waals surface area contributed by atoms with E-state index in [4.69, 9.17) is 4.74 Å². The van der Waals surface area contributed by atoms with Crippen molar-refractivity contribution in [2.24, 2.45) is 0 Å². The first kappa shape index (κ1) is 22.5. The number of thiazole rings is 1. The minimum absolute atomic E-state index is 0.0143. The van der Waals surface area contributed by atoms with Gasteiger partial charge in [0.1, 0.15) is 5.75 Å². The van der Waals surface area contributed by atoms with Crippen LogP contribution < -0.4 is 9.64 Å². The van der Waals surface area contributed by atoms with Gasteiger partial charge in [-0.1, -0.05) is 24.3 Å². The van der Waals surface area contributed by atoms with Gasteiger partial charge in [-0.2, -0.15) is 4.52 Å². The summed E-state index contributed by atoms with van der Waals surface area (Å²) in [5, 5.41) is 15.4. The number of fused-ring (bicyclic) bond motifs is 1. The van der Waals surface area contributed by atoms with Crippen molar-refractivity contribution in [1.82, 2.24) is 19.5 Å². The minimum Gasteiger partial charge on any atom is -0.497 e. The smallest absolute Gasteiger partial charge is 0.230 e. The maximum absolute atomic E-state index is 14.2. The topological polar surface area (TPSA) is 66.1 Å². The summed E-state index contributed by atoms with van der Waals surface area (Å²) in [5.74, 6) is -0.373. The Morgan fingerprint density at radius 1 is 1.06 bits per heavy atom. The Kier molecular flexibility index (Phi) is 6.09. The fourth-order valence-corrected chi connectivity index (χ4v) is 5.50. The van der Waals surface area contributed by atoms with Gasteiger partial charge in [-0.3, -0.25) is 4.90 Å². The number of rotatable bonds is 6. The highest BCUT2D eigenvalue weighted by atomic mass is 32.1. The number of piperazine rings is 1. The Balaban J connectivity index is 1.46. The molecule has 0 bridgehead atoms. The van der Waals surface area contributed by atoms with Gasteiger partial charge in [0.25, 0.3) is 0 Å². The summed E-state index contributed by atoms with van der Waals surface area (Å²) in [5.41, 5.74) is 1.67. The number of aryl methyl sites for hydroxylation is 1. The van der Waals surface area contributed by atoms with Crippen molar-refractivity contribution in [2.75, 3.05) is 38.2 Å². The number of hydrogen-bond donors (Lipinski definition) is 1. The molecule has 1 aliphatic heterocycles. The van der Waals surface area contributed by atoms with Gasteiger partial charge in [0.05, 0.1) is 18.0 Å². The molecule has 2 aromatic carbocycles. The Hall–Kier alpha value is -3.24. The molecule has 0 aliphatic carbocycles. The Morgan fingerprint density at radius 3 is 2.41 bits per heavy atom. The standard InChI is InChI=1S/C24H25F2N5O2S/c1-3-20-27-24-31(28-20)23(32)22(34-24)21(15-4-9-18(25)19(26)14-15)30-12-10-29(11-13-30)16-5-7-17(33-2)8-6-16/h4-9,14,21,32H,3,10-13H2,1-2H3/t21-/m1/s1. The van der Waals surface area contributed by atoms with Gasteiger partial charge in [0.2, 0.25) is 10.8 Å². The number of nitrogens with zero attached hydrogens (tertiary/aromatic N) is 5. The lowest BCUT2D eigenvalue weighted by Crippen LogP contribution is -2.47. The fourth-order valence-electron chi connectivity index (χ4n) is 4.36. The van der Waals surface area contributed by atoms with Gasteiger partial charge in [0.15, 0.2) is 17.5 Å². The molecule has 0 amide bonds. The van der Waals surface area contributed by atoms with Crippen LogP contribution in [0.25, 0.3) is 4.96 Å². The third-order valence-electron chi connectivity index (χ3n) is 6.18. The van der Waals surface area contributed by atoms with Crippen LogP contribution >= 0.6 is 11.3 Å². The summed E-state index contributed by atoms with van der Waals surface area (Å²) in [7, 11) is 1.64. The van der Waals surface area contributed by atoms with Crippen LogP contribution in [0.1, 0.15) is 29.2 Å². The van der Waals surface area contributed by atoms with Crippen LogP contribution in [0.15, 0.2) is 42.5 Å². The summed E-state index contributed by atoms with van der Waals surface area (Å²) in [4.78, 5) is 10.1. The zero-order valence-electron chi connectivity index (χ0n) is 18.9. The fraction of sp³-hybridized carbons (Fsp3) is 0.333. The van der Waals surface area contributed by atoms with E-state index in [1.165, 1.54) is 21.9 Å². The van der Waals surface area contributed by atoms with Crippen LogP contribution in [0.2, 0.25) is 0 Å². The molecule has 0 unspecified atom stereocenters. The minimum atomic E-state index is -0.911. The van der Waals surface area contributed by atoms with E-state index >= 15 is 0 Å². The van der Waals surface area contributed by atoms with Gasteiger partial charge in [-0.25, -0.2) is 13.8 Å². The molecule has 1 N–H and O–H groups in total. The highest BCUT2D eigenvalue weighted by Crippen LogP contribution is 2.40. The van der Waals surface area contributed by atoms with Crippen molar-refractivity contribution >= 4 is 22.0 Å². The second-order valence-corrected chi connectivity index (χ2v) is 9.17. The van der Waals surface area contributed by atoms with Crippen LogP contribution in [-0.4, -0.2) is 57.9 Å². The first-order valence-electron chi connectivity index (χ1n) is 11.1. The normalized spacial score (nSPS) is 15.7. The number of anilines is 1. The summed E-state index contributed by atoms with van der Waals surface area (Å²) in [6.45, 7) is 4.78. The Bertz CT molecular complexity index is 1300. The average molecular weight is 486 g/mol. The molecule has 1 saturated heterocycles. The summed E-state index contributed by atoms with van der Waals surface area (Å²) in [6.07, 6.45) is 0.656. The van der Waals surface area contributed by atoms with E-state index in [0.29, 0.717) is 40.7 Å². The number of aromatic nitrogens is 3. The summed E-state index contributed by atoms with van der Waals surface area (Å²) in [6, 6.07) is 11.4. The molecule has 10 heteroatoms. The zero-order valence-corrected chi connectivity index (χ0v) is 19.7. The summed E-state index contributed by atoms with van der Waals surface area (Å²) >= 11 is 1.32. The lowest BCUT2D eigenvalue weighted by Gasteiger charge is -2.40. The quantitative estimate of drug-likeness (QED) is 0.440. The molecule has 1 fully saturated rings. The molecule has 34 heavy (non-hydrogen) atoms. The van der Waals surface area contributed by atoms with Crippen molar-refractivity contribution in [2.45, 2.75) is 19.4 Å². The monoisotopic (exact) mass is 485 g/mol. The zero-order chi connectivity index (χ0) is 23.8. The summed E-state index contributed by atoms with van der Waals surface area (Å²) < 4.78 is 34.6. The molecule has 0 radical (unpaired) electrons. The second kappa shape index (κ2) is 9.19. The van der Waals surface area contributed by atoms with Crippen molar-refractivity contribution in [3.8, 4) is 11.6 Å². The lowest BCUT2D eigenvalue weighted by molar-refractivity contribution is 0.210. The van der Waals surface area contributed by atoms with Gasteiger partial charge in [-0.15, -0.1) is 5.10 Å². The molecule has 178 valence electrons. The number of hydrogen-bond acceptors (Lipinski definition) is 7. The van der Waals surface area contributed by atoms with Crippen molar-refractivity contribution in [1.29, 1.82) is 0 Å². The second-order valence-electron chi connectivity index (χ2n) is 8.16. The van der Waals surface area contributed by atoms with Crippen LogP contribution in [0.3, 0.4) is 0 Å². The van der Waals surface area contributed by atoms with Crippen molar-refractivity contribution < 1.29 is 18.6 Å². The van der Waals surface area contributed by atoms with Gasteiger partial charge < -0.3 is 14.7 Å². The third-order valence-corrected chi connectivity index (χ3v) is 7.26.